The van der Waals surface area contributed by atoms with Crippen LogP contribution in [0.15, 0.2) is 24.4 Å². The Kier molecular flexibility index (Phi) is 4.38. The maximum Gasteiger partial charge on any atom is 0.265 e. The average molecular weight is 326 g/mol. The van der Waals surface area contributed by atoms with Crippen molar-refractivity contribution >= 4 is 17.5 Å². The number of carbonyl (C=O) groups is 1. The number of amides is 1. The van der Waals surface area contributed by atoms with E-state index in [1.807, 2.05) is 52.1 Å². The fraction of sp³-hybridized carbons (Fsp3) is 0.389. The van der Waals surface area contributed by atoms with E-state index < -0.39 is 6.10 Å². The lowest BCUT2D eigenvalue weighted by atomic mass is 10.1. The molecule has 0 aliphatic carbocycles. The zero-order valence-electron chi connectivity index (χ0n) is 14.4. The summed E-state index contributed by atoms with van der Waals surface area (Å²) in [7, 11) is 0. The van der Waals surface area contributed by atoms with Gasteiger partial charge in [-0.1, -0.05) is 13.0 Å². The van der Waals surface area contributed by atoms with Crippen molar-refractivity contribution < 1.29 is 9.53 Å². The summed E-state index contributed by atoms with van der Waals surface area (Å²) in [5.74, 6) is 1.21. The summed E-state index contributed by atoms with van der Waals surface area (Å²) in [4.78, 5) is 20.6. The number of nitrogens with one attached hydrogen (secondary N) is 2. The van der Waals surface area contributed by atoms with Crippen LogP contribution in [0.3, 0.4) is 0 Å². The quantitative estimate of drug-likeness (QED) is 0.901. The predicted octanol–water partition coefficient (Wildman–Crippen LogP) is 3.38. The van der Waals surface area contributed by atoms with E-state index in [0.717, 1.165) is 16.8 Å². The number of rotatable bonds is 4. The van der Waals surface area contributed by atoms with E-state index in [0.29, 0.717) is 23.8 Å². The minimum atomic E-state index is -0.431. The maximum absolute atomic E-state index is 11.8. The maximum atomic E-state index is 11.8. The van der Waals surface area contributed by atoms with Gasteiger partial charge in [-0.3, -0.25) is 4.79 Å². The number of aromatic nitrogens is 2. The van der Waals surface area contributed by atoms with E-state index in [9.17, 15) is 4.79 Å². The number of benzene rings is 1. The van der Waals surface area contributed by atoms with Gasteiger partial charge >= 0.3 is 0 Å². The molecule has 3 rings (SSSR count). The zero-order valence-corrected chi connectivity index (χ0v) is 14.4. The van der Waals surface area contributed by atoms with Gasteiger partial charge in [-0.05, 0) is 50.5 Å². The Bertz CT molecular complexity index is 776. The average Bonchev–Trinajstić information content (AvgIpc) is 2.57. The van der Waals surface area contributed by atoms with Crippen LogP contribution >= 0.6 is 0 Å². The summed E-state index contributed by atoms with van der Waals surface area (Å²) in [5.41, 5.74) is 3.78. The number of ether oxygens (including phenoxy) is 1. The van der Waals surface area contributed by atoms with Crippen LogP contribution < -0.4 is 15.4 Å². The first kappa shape index (κ1) is 16.2. The van der Waals surface area contributed by atoms with Crippen molar-refractivity contribution in [3.63, 3.8) is 0 Å². The molecule has 0 saturated carbocycles. The van der Waals surface area contributed by atoms with Crippen LogP contribution in [0.1, 0.15) is 43.1 Å². The molecular formula is C18H22N4O2. The van der Waals surface area contributed by atoms with Gasteiger partial charge in [-0.15, -0.1) is 0 Å². The first-order valence-corrected chi connectivity index (χ1v) is 8.16. The van der Waals surface area contributed by atoms with Crippen LogP contribution in [0.4, 0.5) is 11.6 Å². The Labute approximate surface area is 141 Å². The molecule has 1 aliphatic rings. The molecule has 0 bridgehead atoms. The van der Waals surface area contributed by atoms with Crippen molar-refractivity contribution in [1.82, 2.24) is 9.97 Å². The summed E-state index contributed by atoms with van der Waals surface area (Å²) in [6.45, 7) is 7.92. The lowest BCUT2D eigenvalue weighted by molar-refractivity contribution is -0.123. The molecule has 0 unspecified atom stereocenters. The Hall–Kier alpha value is -2.63. The highest BCUT2D eigenvalue weighted by Gasteiger charge is 2.26. The SMILES string of the molecule is CC[C@H]1Oc2cc([C@H](C)Nc3ncc(C)c(C)n3)ccc2NC1=O. The molecule has 24 heavy (non-hydrogen) atoms. The molecule has 6 heteroatoms. The number of hydrogen-bond acceptors (Lipinski definition) is 5. The van der Waals surface area contributed by atoms with Gasteiger partial charge in [0.05, 0.1) is 11.7 Å². The molecule has 2 N–H and O–H groups in total. The van der Waals surface area contributed by atoms with Gasteiger partial charge in [-0.25, -0.2) is 9.97 Å². The second-order valence-corrected chi connectivity index (χ2v) is 6.09. The molecule has 0 fully saturated rings. The van der Waals surface area contributed by atoms with E-state index in [4.69, 9.17) is 4.74 Å². The van der Waals surface area contributed by atoms with Gasteiger partial charge in [0.25, 0.3) is 5.91 Å². The van der Waals surface area contributed by atoms with E-state index in [1.54, 1.807) is 0 Å². The van der Waals surface area contributed by atoms with Crippen LogP contribution in [-0.2, 0) is 4.79 Å². The highest BCUT2D eigenvalue weighted by atomic mass is 16.5. The number of aryl methyl sites for hydroxylation is 2. The largest absolute Gasteiger partial charge is 0.478 e. The number of fused-ring (bicyclic) bond motifs is 1. The molecule has 1 aromatic heterocycles. The standard InChI is InChI=1S/C18H22N4O2/c1-5-15-17(23)22-14-7-6-13(8-16(14)24-15)12(4)21-18-19-9-10(2)11(3)20-18/h6-9,12,15H,5H2,1-4H3,(H,22,23)(H,19,20,21)/t12-,15+/m0/s1. The summed E-state index contributed by atoms with van der Waals surface area (Å²) >= 11 is 0. The number of nitrogens with zero attached hydrogens (tertiary/aromatic N) is 2. The summed E-state index contributed by atoms with van der Waals surface area (Å²) in [6, 6.07) is 5.80. The lowest BCUT2D eigenvalue weighted by Crippen LogP contribution is -2.36. The van der Waals surface area contributed by atoms with E-state index in [2.05, 4.69) is 20.6 Å². The lowest BCUT2D eigenvalue weighted by Gasteiger charge is -2.26. The van der Waals surface area contributed by atoms with Crippen LogP contribution in [0.2, 0.25) is 0 Å². The molecule has 1 aromatic carbocycles. The molecule has 2 heterocycles. The smallest absolute Gasteiger partial charge is 0.265 e. The van der Waals surface area contributed by atoms with E-state index in [1.165, 1.54) is 0 Å². The summed E-state index contributed by atoms with van der Waals surface area (Å²) in [6.07, 6.45) is 2.02. The van der Waals surface area contributed by atoms with Crippen LogP contribution in [0.25, 0.3) is 0 Å². The zero-order chi connectivity index (χ0) is 17.3. The fourth-order valence-corrected chi connectivity index (χ4v) is 2.57. The molecule has 2 atom stereocenters. The number of hydrogen-bond donors (Lipinski definition) is 2. The predicted molar refractivity (Wildman–Crippen MR) is 93.3 cm³/mol. The van der Waals surface area contributed by atoms with Crippen molar-refractivity contribution in [2.75, 3.05) is 10.6 Å². The third-order valence-electron chi connectivity index (χ3n) is 4.27. The van der Waals surface area contributed by atoms with E-state index in [-0.39, 0.29) is 11.9 Å². The molecular weight excluding hydrogens is 304 g/mol. The Morgan fingerprint density at radius 3 is 2.88 bits per heavy atom. The van der Waals surface area contributed by atoms with Crippen molar-refractivity contribution in [1.29, 1.82) is 0 Å². The highest BCUT2D eigenvalue weighted by molar-refractivity contribution is 5.97. The van der Waals surface area contributed by atoms with Crippen LogP contribution in [0, 0.1) is 13.8 Å². The van der Waals surface area contributed by atoms with Crippen molar-refractivity contribution in [2.24, 2.45) is 0 Å². The summed E-state index contributed by atoms with van der Waals surface area (Å²) in [5, 5.41) is 6.18. The minimum Gasteiger partial charge on any atom is -0.478 e. The molecule has 1 amide bonds. The van der Waals surface area contributed by atoms with Gasteiger partial charge in [0.15, 0.2) is 6.10 Å². The van der Waals surface area contributed by atoms with Crippen molar-refractivity contribution in [2.45, 2.75) is 46.3 Å². The second kappa shape index (κ2) is 6.47. The van der Waals surface area contributed by atoms with Gasteiger partial charge < -0.3 is 15.4 Å². The molecule has 0 saturated heterocycles. The third kappa shape index (κ3) is 3.18. The highest BCUT2D eigenvalue weighted by Crippen LogP contribution is 2.33. The van der Waals surface area contributed by atoms with Gasteiger partial charge in [0.1, 0.15) is 5.75 Å². The first-order valence-electron chi connectivity index (χ1n) is 8.16. The molecule has 0 radical (unpaired) electrons. The first-order chi connectivity index (χ1) is 11.5. The van der Waals surface area contributed by atoms with Crippen molar-refractivity contribution in [3.05, 3.63) is 41.2 Å². The Morgan fingerprint density at radius 1 is 1.38 bits per heavy atom. The normalized spacial score (nSPS) is 17.5. The van der Waals surface area contributed by atoms with Gasteiger partial charge in [0.2, 0.25) is 5.95 Å². The van der Waals surface area contributed by atoms with Crippen LogP contribution in [-0.4, -0.2) is 22.0 Å². The molecule has 2 aromatic rings. The Morgan fingerprint density at radius 2 is 2.17 bits per heavy atom. The number of anilines is 2. The van der Waals surface area contributed by atoms with E-state index >= 15 is 0 Å². The van der Waals surface area contributed by atoms with Gasteiger partial charge in [0, 0.05) is 11.9 Å². The third-order valence-corrected chi connectivity index (χ3v) is 4.27. The van der Waals surface area contributed by atoms with Crippen LogP contribution in [0.5, 0.6) is 5.75 Å². The topological polar surface area (TPSA) is 76.1 Å². The van der Waals surface area contributed by atoms with Gasteiger partial charge in [-0.2, -0.15) is 0 Å². The Balaban J connectivity index is 1.79. The fourth-order valence-electron chi connectivity index (χ4n) is 2.57. The molecule has 0 spiro atoms. The number of carbonyl (C=O) groups excluding carboxylic acids is 1. The molecule has 1 aliphatic heterocycles. The minimum absolute atomic E-state index is 0.0127. The van der Waals surface area contributed by atoms with Crippen molar-refractivity contribution in [3.8, 4) is 5.75 Å². The summed E-state index contributed by atoms with van der Waals surface area (Å²) < 4.78 is 5.80. The second-order valence-electron chi connectivity index (χ2n) is 6.09. The monoisotopic (exact) mass is 326 g/mol. The molecule has 126 valence electrons. The molecule has 6 nitrogen and oxygen atoms in total.